The first kappa shape index (κ1) is 14.4. The molecule has 4 nitrogen and oxygen atoms in total. The van der Waals surface area contributed by atoms with Gasteiger partial charge in [0, 0.05) is 5.56 Å². The summed E-state index contributed by atoms with van der Waals surface area (Å²) < 4.78 is 12.8. The van der Waals surface area contributed by atoms with Crippen LogP contribution in [0.25, 0.3) is 11.1 Å². The SMILES string of the molecule is O=C(NNc1ccc(F)nc1)c1ccc2c(c1)Cc1ccccc1-2. The number of pyridine rings is 1. The third-order valence-corrected chi connectivity index (χ3v) is 4.10. The molecule has 0 saturated carbocycles. The van der Waals surface area contributed by atoms with Crippen molar-refractivity contribution in [2.24, 2.45) is 0 Å². The van der Waals surface area contributed by atoms with Crippen LogP contribution in [-0.2, 0) is 6.42 Å². The van der Waals surface area contributed by atoms with Gasteiger partial charge in [-0.3, -0.25) is 15.6 Å². The number of fused-ring (bicyclic) bond motifs is 3. The van der Waals surface area contributed by atoms with Crippen LogP contribution < -0.4 is 10.9 Å². The van der Waals surface area contributed by atoms with Gasteiger partial charge in [-0.1, -0.05) is 30.3 Å². The van der Waals surface area contributed by atoms with E-state index in [4.69, 9.17) is 0 Å². The highest BCUT2D eigenvalue weighted by molar-refractivity contribution is 5.96. The van der Waals surface area contributed by atoms with Gasteiger partial charge in [-0.25, -0.2) is 4.98 Å². The van der Waals surface area contributed by atoms with Gasteiger partial charge in [0.15, 0.2) is 0 Å². The molecule has 118 valence electrons. The minimum atomic E-state index is -0.565. The van der Waals surface area contributed by atoms with Gasteiger partial charge in [0.05, 0.1) is 11.9 Å². The highest BCUT2D eigenvalue weighted by atomic mass is 19.1. The van der Waals surface area contributed by atoms with Gasteiger partial charge < -0.3 is 0 Å². The minimum Gasteiger partial charge on any atom is -0.297 e. The zero-order valence-electron chi connectivity index (χ0n) is 12.7. The molecule has 1 heterocycles. The average Bonchev–Trinajstić information content (AvgIpc) is 2.98. The van der Waals surface area contributed by atoms with Gasteiger partial charge >= 0.3 is 0 Å². The van der Waals surface area contributed by atoms with E-state index in [1.165, 1.54) is 35.0 Å². The van der Waals surface area contributed by atoms with Crippen molar-refractivity contribution in [2.75, 3.05) is 5.43 Å². The van der Waals surface area contributed by atoms with Crippen LogP contribution in [0, 0.1) is 5.95 Å². The second-order valence-electron chi connectivity index (χ2n) is 5.65. The highest BCUT2D eigenvalue weighted by Gasteiger charge is 2.19. The largest absolute Gasteiger partial charge is 0.297 e. The van der Waals surface area contributed by atoms with Gasteiger partial charge in [0.1, 0.15) is 0 Å². The first-order chi connectivity index (χ1) is 11.7. The third-order valence-electron chi connectivity index (χ3n) is 4.10. The molecule has 0 fully saturated rings. The summed E-state index contributed by atoms with van der Waals surface area (Å²) in [7, 11) is 0. The molecule has 0 unspecified atom stereocenters. The number of hydrogen-bond acceptors (Lipinski definition) is 3. The molecule has 1 aliphatic carbocycles. The predicted octanol–water partition coefficient (Wildman–Crippen LogP) is 3.55. The van der Waals surface area contributed by atoms with Crippen LogP contribution in [0.1, 0.15) is 21.5 Å². The van der Waals surface area contributed by atoms with E-state index in [0.717, 1.165) is 12.0 Å². The smallest absolute Gasteiger partial charge is 0.269 e. The Morgan fingerprint density at radius 1 is 1.00 bits per heavy atom. The third kappa shape index (κ3) is 2.60. The summed E-state index contributed by atoms with van der Waals surface area (Å²) in [5, 5.41) is 0. The van der Waals surface area contributed by atoms with E-state index in [9.17, 15) is 9.18 Å². The lowest BCUT2D eigenvalue weighted by atomic mass is 10.0. The molecule has 0 bridgehead atoms. The second kappa shape index (κ2) is 5.77. The molecule has 0 atom stereocenters. The highest BCUT2D eigenvalue weighted by Crippen LogP contribution is 2.36. The standard InChI is InChI=1S/C19H14FN3O/c20-18-8-6-15(11-21-18)22-23-19(24)13-5-7-17-14(10-13)9-12-3-1-2-4-16(12)17/h1-8,10-11,22H,9H2,(H,23,24). The number of nitrogens with one attached hydrogen (secondary N) is 2. The molecule has 5 heteroatoms. The van der Waals surface area contributed by atoms with Crippen molar-refractivity contribution in [2.45, 2.75) is 6.42 Å². The van der Waals surface area contributed by atoms with Crippen LogP contribution in [0.15, 0.2) is 60.8 Å². The quantitative estimate of drug-likeness (QED) is 0.448. The monoisotopic (exact) mass is 319 g/mol. The number of carbonyl (C=O) groups is 1. The van der Waals surface area contributed by atoms with E-state index in [-0.39, 0.29) is 5.91 Å². The lowest BCUT2D eigenvalue weighted by Gasteiger charge is -2.09. The number of benzene rings is 2. The van der Waals surface area contributed by atoms with Gasteiger partial charge in [-0.15, -0.1) is 0 Å². The predicted molar refractivity (Wildman–Crippen MR) is 90.0 cm³/mol. The van der Waals surface area contributed by atoms with E-state index in [0.29, 0.717) is 11.3 Å². The van der Waals surface area contributed by atoms with Crippen LogP contribution in [0.4, 0.5) is 10.1 Å². The molecule has 2 aromatic carbocycles. The van der Waals surface area contributed by atoms with E-state index in [2.05, 4.69) is 28.0 Å². The Morgan fingerprint density at radius 2 is 1.83 bits per heavy atom. The van der Waals surface area contributed by atoms with E-state index in [1.54, 1.807) is 6.07 Å². The van der Waals surface area contributed by atoms with Gasteiger partial charge in [-0.2, -0.15) is 4.39 Å². The van der Waals surface area contributed by atoms with Crippen molar-refractivity contribution >= 4 is 11.6 Å². The lowest BCUT2D eigenvalue weighted by molar-refractivity contribution is 0.0962. The molecule has 2 N–H and O–H groups in total. The van der Waals surface area contributed by atoms with E-state index >= 15 is 0 Å². The molecule has 4 rings (SSSR count). The number of amides is 1. The van der Waals surface area contributed by atoms with Crippen molar-refractivity contribution in [3.05, 3.63) is 83.4 Å². The normalized spacial score (nSPS) is 11.5. The molecule has 24 heavy (non-hydrogen) atoms. The van der Waals surface area contributed by atoms with Crippen LogP contribution in [0.2, 0.25) is 0 Å². The average molecular weight is 319 g/mol. The summed E-state index contributed by atoms with van der Waals surface area (Å²) in [5.74, 6) is -0.817. The topological polar surface area (TPSA) is 54.0 Å². The summed E-state index contributed by atoms with van der Waals surface area (Å²) in [6, 6.07) is 16.7. The molecular weight excluding hydrogens is 305 g/mol. The lowest BCUT2D eigenvalue weighted by Crippen LogP contribution is -2.29. The fourth-order valence-corrected chi connectivity index (χ4v) is 2.94. The van der Waals surface area contributed by atoms with Gasteiger partial charge in [0.2, 0.25) is 5.95 Å². The fourth-order valence-electron chi connectivity index (χ4n) is 2.94. The summed E-state index contributed by atoms with van der Waals surface area (Å²) >= 11 is 0. The maximum atomic E-state index is 12.8. The maximum Gasteiger partial charge on any atom is 0.269 e. The number of aromatic nitrogens is 1. The number of hydrazine groups is 1. The second-order valence-corrected chi connectivity index (χ2v) is 5.65. The van der Waals surface area contributed by atoms with Gasteiger partial charge in [0.25, 0.3) is 5.91 Å². The Hall–Kier alpha value is -3.21. The molecule has 1 aliphatic rings. The molecule has 3 aromatic rings. The van der Waals surface area contributed by atoms with Gasteiger partial charge in [-0.05, 0) is 52.9 Å². The summed E-state index contributed by atoms with van der Waals surface area (Å²) in [5.41, 5.74) is 11.2. The van der Waals surface area contributed by atoms with Crippen LogP contribution in [-0.4, -0.2) is 10.9 Å². The molecule has 0 saturated heterocycles. The molecular formula is C19H14FN3O. The summed E-state index contributed by atoms with van der Waals surface area (Å²) in [6.45, 7) is 0. The van der Waals surface area contributed by atoms with Crippen molar-refractivity contribution in [3.63, 3.8) is 0 Å². The Bertz CT molecular complexity index is 922. The van der Waals surface area contributed by atoms with Crippen molar-refractivity contribution in [3.8, 4) is 11.1 Å². The first-order valence-corrected chi connectivity index (χ1v) is 7.60. The Labute approximate surface area is 138 Å². The summed E-state index contributed by atoms with van der Waals surface area (Å²) in [6.07, 6.45) is 2.15. The number of anilines is 1. The van der Waals surface area contributed by atoms with Crippen LogP contribution in [0.5, 0.6) is 0 Å². The zero-order chi connectivity index (χ0) is 16.5. The van der Waals surface area contributed by atoms with Crippen molar-refractivity contribution in [1.82, 2.24) is 10.4 Å². The Balaban J connectivity index is 1.50. The number of carbonyl (C=O) groups excluding carboxylic acids is 1. The maximum absolute atomic E-state index is 12.8. The molecule has 1 aromatic heterocycles. The number of nitrogens with zero attached hydrogens (tertiary/aromatic N) is 1. The van der Waals surface area contributed by atoms with Crippen LogP contribution in [0.3, 0.4) is 0 Å². The fraction of sp³-hybridized carbons (Fsp3) is 0.0526. The molecule has 0 radical (unpaired) electrons. The van der Waals surface area contributed by atoms with Crippen molar-refractivity contribution in [1.29, 1.82) is 0 Å². The molecule has 0 spiro atoms. The zero-order valence-corrected chi connectivity index (χ0v) is 12.7. The van der Waals surface area contributed by atoms with Crippen molar-refractivity contribution < 1.29 is 9.18 Å². The molecule has 0 aliphatic heterocycles. The van der Waals surface area contributed by atoms with E-state index in [1.807, 2.05) is 24.3 Å². The first-order valence-electron chi connectivity index (χ1n) is 7.60. The number of hydrogen-bond donors (Lipinski definition) is 2. The molecule has 1 amide bonds. The summed E-state index contributed by atoms with van der Waals surface area (Å²) in [4.78, 5) is 15.8. The Morgan fingerprint density at radius 3 is 2.67 bits per heavy atom. The Kier molecular flexibility index (Phi) is 3.46. The number of rotatable bonds is 3. The van der Waals surface area contributed by atoms with E-state index < -0.39 is 5.95 Å². The minimum absolute atomic E-state index is 0.252. The van der Waals surface area contributed by atoms with Crippen LogP contribution >= 0.6 is 0 Å². The number of halogens is 1.